The number of aromatic nitrogens is 1. The summed E-state index contributed by atoms with van der Waals surface area (Å²) in [7, 11) is 2.13. The Bertz CT molecular complexity index is 676. The molecule has 1 saturated heterocycles. The zero-order valence-electron chi connectivity index (χ0n) is 14.3. The van der Waals surface area contributed by atoms with Crippen LogP contribution in [-0.4, -0.2) is 53.5 Å². The van der Waals surface area contributed by atoms with Crippen LogP contribution in [0.25, 0.3) is 10.9 Å². The van der Waals surface area contributed by atoms with Gasteiger partial charge in [-0.1, -0.05) is 12.1 Å². The number of amides is 1. The highest BCUT2D eigenvalue weighted by Gasteiger charge is 2.17. The number of benzene rings is 1. The van der Waals surface area contributed by atoms with Gasteiger partial charge >= 0.3 is 0 Å². The average molecular weight is 313 g/mol. The van der Waals surface area contributed by atoms with E-state index in [0.717, 1.165) is 45.6 Å². The molecule has 3 rings (SSSR count). The van der Waals surface area contributed by atoms with Gasteiger partial charge < -0.3 is 14.4 Å². The number of hydrogen-bond acceptors (Lipinski definition) is 2. The first-order valence-electron chi connectivity index (χ1n) is 8.71. The summed E-state index contributed by atoms with van der Waals surface area (Å²) in [6.45, 7) is 6.99. The topological polar surface area (TPSA) is 28.5 Å². The fraction of sp³-hybridized carbons (Fsp3) is 0.526. The van der Waals surface area contributed by atoms with Crippen LogP contribution in [0.4, 0.5) is 0 Å². The molecule has 0 radical (unpaired) electrons. The van der Waals surface area contributed by atoms with Crippen LogP contribution in [0.15, 0.2) is 30.5 Å². The van der Waals surface area contributed by atoms with E-state index < -0.39 is 0 Å². The van der Waals surface area contributed by atoms with Crippen molar-refractivity contribution >= 4 is 16.8 Å². The summed E-state index contributed by atoms with van der Waals surface area (Å²) in [4.78, 5) is 16.8. The number of nitrogens with zero attached hydrogens (tertiary/aromatic N) is 3. The van der Waals surface area contributed by atoms with E-state index in [1.54, 1.807) is 0 Å². The number of rotatable bonds is 4. The van der Waals surface area contributed by atoms with Crippen LogP contribution in [0, 0.1) is 0 Å². The van der Waals surface area contributed by atoms with Crippen LogP contribution in [0.5, 0.6) is 0 Å². The van der Waals surface area contributed by atoms with Gasteiger partial charge in [0, 0.05) is 44.3 Å². The third-order valence-electron chi connectivity index (χ3n) is 4.88. The standard InChI is InChI=1S/C19H27N3O/c1-3-21-12-9-17-7-5-16(15-18(17)21)6-8-19(23)22-11-4-10-20(2)13-14-22/h5,7,9,12,15H,3-4,6,8,10-11,13-14H2,1-2H3. The molecule has 1 amide bonds. The Labute approximate surface area is 138 Å². The van der Waals surface area contributed by atoms with E-state index >= 15 is 0 Å². The van der Waals surface area contributed by atoms with Crippen LogP contribution >= 0.6 is 0 Å². The molecule has 0 bridgehead atoms. The lowest BCUT2D eigenvalue weighted by atomic mass is 10.1. The average Bonchev–Trinajstić information content (AvgIpc) is 2.85. The highest BCUT2D eigenvalue weighted by atomic mass is 16.2. The van der Waals surface area contributed by atoms with E-state index in [1.165, 1.54) is 16.5 Å². The van der Waals surface area contributed by atoms with Crippen LogP contribution in [0.1, 0.15) is 25.3 Å². The van der Waals surface area contributed by atoms with Crippen molar-refractivity contribution in [3.8, 4) is 0 Å². The summed E-state index contributed by atoms with van der Waals surface area (Å²) in [5.74, 6) is 0.297. The first-order valence-corrected chi connectivity index (χ1v) is 8.71. The third-order valence-corrected chi connectivity index (χ3v) is 4.88. The van der Waals surface area contributed by atoms with Crippen LogP contribution in [0.3, 0.4) is 0 Å². The van der Waals surface area contributed by atoms with Crippen LogP contribution in [0.2, 0.25) is 0 Å². The Morgan fingerprint density at radius 1 is 1.13 bits per heavy atom. The van der Waals surface area contributed by atoms with E-state index in [-0.39, 0.29) is 0 Å². The Hall–Kier alpha value is -1.81. The van der Waals surface area contributed by atoms with Crippen LogP contribution < -0.4 is 0 Å². The minimum Gasteiger partial charge on any atom is -0.348 e. The van der Waals surface area contributed by atoms with Gasteiger partial charge in [-0.2, -0.15) is 0 Å². The molecule has 4 nitrogen and oxygen atoms in total. The zero-order chi connectivity index (χ0) is 16.2. The molecular weight excluding hydrogens is 286 g/mol. The van der Waals surface area contributed by atoms with Crippen molar-refractivity contribution in [2.24, 2.45) is 0 Å². The number of hydrogen-bond donors (Lipinski definition) is 0. The van der Waals surface area contributed by atoms with Crippen molar-refractivity contribution in [2.75, 3.05) is 33.2 Å². The molecule has 2 aromatic rings. The number of carbonyl (C=O) groups is 1. The van der Waals surface area contributed by atoms with E-state index in [4.69, 9.17) is 0 Å². The summed E-state index contributed by atoms with van der Waals surface area (Å²) in [6, 6.07) is 8.72. The van der Waals surface area contributed by atoms with Gasteiger partial charge in [0.25, 0.3) is 0 Å². The number of aryl methyl sites for hydroxylation is 2. The second-order valence-corrected chi connectivity index (χ2v) is 6.53. The molecule has 0 N–H and O–H groups in total. The third kappa shape index (κ3) is 3.75. The molecule has 124 valence electrons. The van der Waals surface area contributed by atoms with Crippen molar-refractivity contribution in [1.82, 2.24) is 14.4 Å². The van der Waals surface area contributed by atoms with Crippen LogP contribution in [-0.2, 0) is 17.8 Å². The molecule has 1 aromatic carbocycles. The SMILES string of the molecule is CCn1ccc2ccc(CCC(=O)N3CCCN(C)CC3)cc21. The van der Waals surface area contributed by atoms with Crippen molar-refractivity contribution in [3.63, 3.8) is 0 Å². The number of likely N-dealkylation sites (N-methyl/N-ethyl adjacent to an activating group) is 1. The van der Waals surface area contributed by atoms with Crippen molar-refractivity contribution < 1.29 is 4.79 Å². The van der Waals surface area contributed by atoms with Gasteiger partial charge in [-0.25, -0.2) is 0 Å². The van der Waals surface area contributed by atoms with E-state index in [0.29, 0.717) is 12.3 Å². The first kappa shape index (κ1) is 16.1. The normalized spacial score (nSPS) is 16.7. The van der Waals surface area contributed by atoms with Crippen molar-refractivity contribution in [2.45, 2.75) is 32.7 Å². The monoisotopic (exact) mass is 313 g/mol. The van der Waals surface area contributed by atoms with Gasteiger partial charge in [-0.15, -0.1) is 0 Å². The van der Waals surface area contributed by atoms with E-state index in [1.807, 2.05) is 4.90 Å². The Kier molecular flexibility index (Phi) is 5.01. The first-order chi connectivity index (χ1) is 11.2. The van der Waals surface area contributed by atoms with Gasteiger partial charge in [-0.05, 0) is 56.4 Å². The minimum atomic E-state index is 0.297. The quantitative estimate of drug-likeness (QED) is 0.868. The second kappa shape index (κ2) is 7.18. The molecule has 0 aliphatic carbocycles. The predicted octanol–water partition coefficient (Wildman–Crippen LogP) is 2.76. The summed E-state index contributed by atoms with van der Waals surface area (Å²) in [5.41, 5.74) is 2.53. The molecule has 23 heavy (non-hydrogen) atoms. The second-order valence-electron chi connectivity index (χ2n) is 6.53. The Morgan fingerprint density at radius 2 is 2.00 bits per heavy atom. The fourth-order valence-electron chi connectivity index (χ4n) is 3.37. The molecule has 1 aliphatic heterocycles. The highest BCUT2D eigenvalue weighted by Crippen LogP contribution is 2.19. The summed E-state index contributed by atoms with van der Waals surface area (Å²) >= 11 is 0. The number of carbonyl (C=O) groups excluding carboxylic acids is 1. The minimum absolute atomic E-state index is 0.297. The molecule has 2 heterocycles. The van der Waals surface area contributed by atoms with Gasteiger partial charge in [-0.3, -0.25) is 4.79 Å². The summed E-state index contributed by atoms with van der Waals surface area (Å²) < 4.78 is 2.26. The van der Waals surface area contributed by atoms with Crippen molar-refractivity contribution in [3.05, 3.63) is 36.0 Å². The summed E-state index contributed by atoms with van der Waals surface area (Å²) in [5, 5.41) is 1.28. The predicted molar refractivity (Wildman–Crippen MR) is 94.6 cm³/mol. The maximum absolute atomic E-state index is 12.5. The fourth-order valence-corrected chi connectivity index (χ4v) is 3.37. The van der Waals surface area contributed by atoms with Gasteiger partial charge in [0.05, 0.1) is 0 Å². The maximum atomic E-state index is 12.5. The summed E-state index contributed by atoms with van der Waals surface area (Å²) in [6.07, 6.45) is 4.66. The molecule has 0 saturated carbocycles. The molecule has 1 aliphatic rings. The zero-order valence-corrected chi connectivity index (χ0v) is 14.3. The molecule has 1 fully saturated rings. The van der Waals surface area contributed by atoms with E-state index in [9.17, 15) is 4.79 Å². The highest BCUT2D eigenvalue weighted by molar-refractivity contribution is 5.81. The van der Waals surface area contributed by atoms with E-state index in [2.05, 4.69) is 53.9 Å². The largest absolute Gasteiger partial charge is 0.348 e. The Balaban J connectivity index is 1.62. The lowest BCUT2D eigenvalue weighted by Crippen LogP contribution is -2.34. The lowest BCUT2D eigenvalue weighted by Gasteiger charge is -2.20. The van der Waals surface area contributed by atoms with Gasteiger partial charge in [0.1, 0.15) is 0 Å². The van der Waals surface area contributed by atoms with Gasteiger partial charge in [0.15, 0.2) is 0 Å². The van der Waals surface area contributed by atoms with Crippen molar-refractivity contribution in [1.29, 1.82) is 0 Å². The Morgan fingerprint density at radius 3 is 2.83 bits per heavy atom. The smallest absolute Gasteiger partial charge is 0.222 e. The molecule has 0 unspecified atom stereocenters. The lowest BCUT2D eigenvalue weighted by molar-refractivity contribution is -0.131. The molecule has 1 aromatic heterocycles. The van der Waals surface area contributed by atoms with Gasteiger partial charge in [0.2, 0.25) is 5.91 Å². The molecule has 0 spiro atoms. The molecule has 0 atom stereocenters. The maximum Gasteiger partial charge on any atom is 0.222 e. The molecular formula is C19H27N3O. The molecule has 4 heteroatoms. The number of fused-ring (bicyclic) bond motifs is 1.